The normalized spacial score (nSPS) is 24.2. The third-order valence-corrected chi connectivity index (χ3v) is 3.85. The van der Waals surface area contributed by atoms with Gasteiger partial charge in [0.25, 0.3) is 0 Å². The lowest BCUT2D eigenvalue weighted by Crippen LogP contribution is -2.31. The van der Waals surface area contributed by atoms with Crippen LogP contribution in [0.1, 0.15) is 20.3 Å². The number of nitrogens with zero attached hydrogens (tertiary/aromatic N) is 1. The van der Waals surface area contributed by atoms with Crippen LogP contribution in [-0.2, 0) is 0 Å². The second-order valence-electron chi connectivity index (χ2n) is 3.31. The van der Waals surface area contributed by atoms with E-state index < -0.39 is 0 Å². The summed E-state index contributed by atoms with van der Waals surface area (Å²) in [6.45, 7) is 4.40. The minimum absolute atomic E-state index is 0.539. The summed E-state index contributed by atoms with van der Waals surface area (Å²) in [5, 5.41) is 4.58. The maximum Gasteiger partial charge on any atom is 0.157 e. The summed E-state index contributed by atoms with van der Waals surface area (Å²) in [5.41, 5.74) is 0. The Morgan fingerprint density at radius 1 is 1.77 bits per heavy atom. The van der Waals surface area contributed by atoms with E-state index in [0.29, 0.717) is 12.1 Å². The number of nitrogens with one attached hydrogen (secondary N) is 1. The van der Waals surface area contributed by atoms with E-state index in [9.17, 15) is 0 Å². The van der Waals surface area contributed by atoms with E-state index in [0.717, 1.165) is 23.1 Å². The number of amidine groups is 1. The number of aliphatic imine (C=N–C) groups is 1. The van der Waals surface area contributed by atoms with Crippen LogP contribution >= 0.6 is 23.5 Å². The zero-order valence-corrected chi connectivity index (χ0v) is 10.2. The van der Waals surface area contributed by atoms with E-state index in [4.69, 9.17) is 0 Å². The maximum absolute atomic E-state index is 4.59. The van der Waals surface area contributed by atoms with Gasteiger partial charge >= 0.3 is 0 Å². The first-order valence-corrected chi connectivity index (χ1v) is 7.10. The summed E-state index contributed by atoms with van der Waals surface area (Å²) in [7, 11) is 0. The molecular formula is C9H18N2S2. The van der Waals surface area contributed by atoms with Crippen LogP contribution in [0.15, 0.2) is 4.99 Å². The highest BCUT2D eigenvalue weighted by Crippen LogP contribution is 2.18. The molecule has 0 aromatic rings. The van der Waals surface area contributed by atoms with E-state index in [1.807, 2.05) is 23.5 Å². The van der Waals surface area contributed by atoms with E-state index >= 15 is 0 Å². The monoisotopic (exact) mass is 218 g/mol. The molecule has 1 heterocycles. The third kappa shape index (κ3) is 3.81. The molecule has 2 unspecified atom stereocenters. The number of thioether (sulfide) groups is 2. The number of hydrogen-bond donors (Lipinski definition) is 1. The van der Waals surface area contributed by atoms with E-state index in [1.54, 1.807) is 0 Å². The first kappa shape index (κ1) is 11.2. The van der Waals surface area contributed by atoms with Crippen LogP contribution in [0.4, 0.5) is 0 Å². The molecule has 0 aliphatic carbocycles. The molecule has 0 amide bonds. The largest absolute Gasteiger partial charge is 0.362 e. The molecule has 0 saturated carbocycles. The molecule has 1 aliphatic rings. The summed E-state index contributed by atoms with van der Waals surface area (Å²) in [6.07, 6.45) is 3.30. The van der Waals surface area contributed by atoms with Gasteiger partial charge in [0, 0.05) is 17.5 Å². The van der Waals surface area contributed by atoms with Gasteiger partial charge in [-0.1, -0.05) is 18.7 Å². The highest BCUT2D eigenvalue weighted by molar-refractivity contribution is 8.14. The van der Waals surface area contributed by atoms with Crippen molar-refractivity contribution in [3.05, 3.63) is 0 Å². The minimum atomic E-state index is 0.539. The topological polar surface area (TPSA) is 24.4 Å². The van der Waals surface area contributed by atoms with Crippen LogP contribution in [0.25, 0.3) is 0 Å². The van der Waals surface area contributed by atoms with Crippen molar-refractivity contribution in [3.63, 3.8) is 0 Å². The standard InChI is InChI=1S/C9H18N2S2/c1-4-8-6-13-9(11-8)10-7(2)5-12-3/h7-8H,4-6H2,1-3H3,(H,10,11). The molecule has 4 heteroatoms. The average Bonchev–Trinajstić information content (AvgIpc) is 2.52. The summed E-state index contributed by atoms with van der Waals surface area (Å²) in [4.78, 5) is 4.59. The average molecular weight is 218 g/mol. The Morgan fingerprint density at radius 2 is 2.54 bits per heavy atom. The molecule has 0 bridgehead atoms. The Hall–Kier alpha value is 0.170. The van der Waals surface area contributed by atoms with E-state index in [2.05, 4.69) is 30.4 Å². The molecule has 0 spiro atoms. The second kappa shape index (κ2) is 5.81. The van der Waals surface area contributed by atoms with Crippen molar-refractivity contribution in [2.24, 2.45) is 4.99 Å². The molecule has 2 nitrogen and oxygen atoms in total. The molecule has 76 valence electrons. The molecule has 0 saturated heterocycles. The first-order chi connectivity index (χ1) is 6.26. The Kier molecular flexibility index (Phi) is 5.02. The Balaban J connectivity index is 2.29. The highest BCUT2D eigenvalue weighted by Gasteiger charge is 2.17. The van der Waals surface area contributed by atoms with Gasteiger partial charge in [-0.3, -0.25) is 4.99 Å². The van der Waals surface area contributed by atoms with Crippen LogP contribution < -0.4 is 5.32 Å². The van der Waals surface area contributed by atoms with Gasteiger partial charge in [0.05, 0.1) is 6.04 Å². The molecule has 1 rings (SSSR count). The number of rotatable bonds is 4. The van der Waals surface area contributed by atoms with Crippen molar-refractivity contribution in [2.45, 2.75) is 32.4 Å². The smallest absolute Gasteiger partial charge is 0.157 e. The molecule has 0 aromatic carbocycles. The second-order valence-corrected chi connectivity index (χ2v) is 5.23. The highest BCUT2D eigenvalue weighted by atomic mass is 32.2. The van der Waals surface area contributed by atoms with Gasteiger partial charge < -0.3 is 5.32 Å². The van der Waals surface area contributed by atoms with Gasteiger partial charge in [-0.25, -0.2) is 0 Å². The molecule has 0 fully saturated rings. The Bertz CT molecular complexity index is 182. The Morgan fingerprint density at radius 3 is 3.08 bits per heavy atom. The summed E-state index contributed by atoms with van der Waals surface area (Å²) < 4.78 is 0. The predicted octanol–water partition coefficient (Wildman–Crippen LogP) is 2.21. The van der Waals surface area contributed by atoms with E-state index in [1.165, 1.54) is 0 Å². The van der Waals surface area contributed by atoms with Gasteiger partial charge in [0.1, 0.15) is 0 Å². The van der Waals surface area contributed by atoms with Gasteiger partial charge in [0.15, 0.2) is 5.17 Å². The summed E-state index contributed by atoms with van der Waals surface area (Å²) in [6, 6.07) is 1.09. The predicted molar refractivity (Wildman–Crippen MR) is 65.0 cm³/mol. The van der Waals surface area contributed by atoms with Gasteiger partial charge in [-0.15, -0.1) is 0 Å². The van der Waals surface area contributed by atoms with Gasteiger partial charge in [0.2, 0.25) is 0 Å². The molecule has 1 N–H and O–H groups in total. The van der Waals surface area contributed by atoms with Crippen molar-refractivity contribution < 1.29 is 0 Å². The first-order valence-electron chi connectivity index (χ1n) is 4.72. The van der Waals surface area contributed by atoms with Crippen LogP contribution in [0.3, 0.4) is 0 Å². The maximum atomic E-state index is 4.59. The fourth-order valence-electron chi connectivity index (χ4n) is 1.21. The van der Waals surface area contributed by atoms with Crippen molar-refractivity contribution >= 4 is 28.7 Å². The molecule has 0 radical (unpaired) electrons. The lowest BCUT2D eigenvalue weighted by Gasteiger charge is -2.12. The quantitative estimate of drug-likeness (QED) is 0.783. The fraction of sp³-hybridized carbons (Fsp3) is 0.889. The van der Waals surface area contributed by atoms with Gasteiger partial charge in [-0.05, 0) is 19.6 Å². The molecule has 13 heavy (non-hydrogen) atoms. The van der Waals surface area contributed by atoms with Crippen molar-refractivity contribution in [1.29, 1.82) is 0 Å². The Labute approximate surface area is 89.3 Å². The van der Waals surface area contributed by atoms with Crippen LogP contribution in [0, 0.1) is 0 Å². The lowest BCUT2D eigenvalue weighted by atomic mass is 10.3. The van der Waals surface area contributed by atoms with Crippen molar-refractivity contribution in [2.75, 3.05) is 17.8 Å². The summed E-state index contributed by atoms with van der Waals surface area (Å²) in [5.74, 6) is 2.31. The SMILES string of the molecule is CCC1CSC(NC(C)CSC)=N1. The zero-order valence-electron chi connectivity index (χ0n) is 8.54. The van der Waals surface area contributed by atoms with E-state index in [-0.39, 0.29) is 0 Å². The number of hydrogen-bond acceptors (Lipinski definition) is 4. The molecule has 2 atom stereocenters. The van der Waals surface area contributed by atoms with Crippen LogP contribution in [0.5, 0.6) is 0 Å². The van der Waals surface area contributed by atoms with Crippen molar-refractivity contribution in [1.82, 2.24) is 5.32 Å². The van der Waals surface area contributed by atoms with Crippen molar-refractivity contribution in [3.8, 4) is 0 Å². The van der Waals surface area contributed by atoms with Crippen LogP contribution in [0.2, 0.25) is 0 Å². The zero-order chi connectivity index (χ0) is 9.68. The van der Waals surface area contributed by atoms with Gasteiger partial charge in [-0.2, -0.15) is 11.8 Å². The molecule has 0 aromatic heterocycles. The summed E-state index contributed by atoms with van der Waals surface area (Å²) >= 11 is 3.73. The third-order valence-electron chi connectivity index (χ3n) is 1.97. The fourth-order valence-corrected chi connectivity index (χ4v) is 2.96. The minimum Gasteiger partial charge on any atom is -0.362 e. The lowest BCUT2D eigenvalue weighted by molar-refractivity contribution is 0.715. The molecule has 1 aliphatic heterocycles. The van der Waals surface area contributed by atoms with Crippen LogP contribution in [-0.4, -0.2) is 35.0 Å². The molecular weight excluding hydrogens is 200 g/mol.